The summed E-state index contributed by atoms with van der Waals surface area (Å²) in [7, 11) is 0. The van der Waals surface area contributed by atoms with Gasteiger partial charge in [0.05, 0.1) is 24.8 Å². The van der Waals surface area contributed by atoms with Gasteiger partial charge in [0, 0.05) is 31.7 Å². The summed E-state index contributed by atoms with van der Waals surface area (Å²) in [6.45, 7) is 8.37. The van der Waals surface area contributed by atoms with E-state index in [1.54, 1.807) is 29.2 Å². The van der Waals surface area contributed by atoms with E-state index in [1.165, 1.54) is 0 Å². The summed E-state index contributed by atoms with van der Waals surface area (Å²) in [4.78, 5) is 30.4. The SMILES string of the molecule is Cc1ccc(C2/C(=C(\O)c3ccc(OCc4ccccc4C)cc3)C(=O)C(=O)N2CCN2CCOCC2)cc1. The van der Waals surface area contributed by atoms with Crippen LogP contribution in [0.1, 0.15) is 33.9 Å². The first-order valence-electron chi connectivity index (χ1n) is 13.3. The topological polar surface area (TPSA) is 79.3 Å². The number of hydrogen-bond acceptors (Lipinski definition) is 6. The maximum atomic E-state index is 13.3. The zero-order valence-corrected chi connectivity index (χ0v) is 22.4. The lowest BCUT2D eigenvalue weighted by molar-refractivity contribution is -0.140. The number of aliphatic hydroxyl groups excluding tert-OH is 1. The maximum Gasteiger partial charge on any atom is 0.295 e. The molecule has 3 aromatic rings. The van der Waals surface area contributed by atoms with Crippen LogP contribution in [0.25, 0.3) is 5.76 Å². The van der Waals surface area contributed by atoms with E-state index in [9.17, 15) is 14.7 Å². The van der Waals surface area contributed by atoms with Crippen LogP contribution in [0, 0.1) is 13.8 Å². The van der Waals surface area contributed by atoms with Crippen molar-refractivity contribution < 1.29 is 24.2 Å². The number of carbonyl (C=O) groups is 2. The molecule has 39 heavy (non-hydrogen) atoms. The van der Waals surface area contributed by atoms with E-state index >= 15 is 0 Å². The maximum absolute atomic E-state index is 13.3. The van der Waals surface area contributed by atoms with Crippen LogP contribution in [0.15, 0.2) is 78.4 Å². The third-order valence-corrected chi connectivity index (χ3v) is 7.48. The molecule has 7 heteroatoms. The number of benzene rings is 3. The smallest absolute Gasteiger partial charge is 0.295 e. The number of rotatable bonds is 8. The zero-order chi connectivity index (χ0) is 27.4. The van der Waals surface area contributed by atoms with E-state index in [2.05, 4.69) is 4.90 Å². The molecule has 0 saturated carbocycles. The largest absolute Gasteiger partial charge is 0.507 e. The minimum atomic E-state index is -0.667. The monoisotopic (exact) mass is 526 g/mol. The molecule has 0 bridgehead atoms. The summed E-state index contributed by atoms with van der Waals surface area (Å²) in [6, 6.07) is 22.1. The number of amides is 1. The van der Waals surface area contributed by atoms with Gasteiger partial charge in [-0.1, -0.05) is 54.1 Å². The Morgan fingerprint density at radius 2 is 1.62 bits per heavy atom. The van der Waals surface area contributed by atoms with Gasteiger partial charge in [0.1, 0.15) is 18.1 Å². The molecule has 0 aliphatic carbocycles. The highest BCUT2D eigenvalue weighted by atomic mass is 16.5. The Balaban J connectivity index is 1.41. The average Bonchev–Trinajstić information content (AvgIpc) is 3.21. The molecule has 1 N–H and O–H groups in total. The van der Waals surface area contributed by atoms with Gasteiger partial charge in [0.25, 0.3) is 11.7 Å². The number of ketones is 1. The van der Waals surface area contributed by atoms with Crippen LogP contribution in [0.2, 0.25) is 0 Å². The summed E-state index contributed by atoms with van der Waals surface area (Å²) in [5.41, 5.74) is 4.69. The lowest BCUT2D eigenvalue weighted by atomic mass is 9.94. The number of likely N-dealkylation sites (tertiary alicyclic amines) is 1. The van der Waals surface area contributed by atoms with Crippen LogP contribution in [-0.2, 0) is 20.9 Å². The van der Waals surface area contributed by atoms with Crippen LogP contribution in [0.5, 0.6) is 5.75 Å². The van der Waals surface area contributed by atoms with Gasteiger partial charge >= 0.3 is 0 Å². The summed E-state index contributed by atoms with van der Waals surface area (Å²) >= 11 is 0. The standard InChI is InChI=1S/C32H34N2O5/c1-22-7-9-24(10-8-22)29-28(31(36)32(37)34(29)16-15-33-17-19-38-20-18-33)30(35)25-11-13-27(14-12-25)39-21-26-6-4-3-5-23(26)2/h3-14,29,35H,15-21H2,1-2H3/b30-28+. The quantitative estimate of drug-likeness (QED) is 0.262. The van der Waals surface area contributed by atoms with Crippen molar-refractivity contribution in [1.29, 1.82) is 0 Å². The molecule has 0 aromatic heterocycles. The van der Waals surface area contributed by atoms with Crippen LogP contribution in [0.4, 0.5) is 0 Å². The second kappa shape index (κ2) is 11.8. The Kier molecular flexibility index (Phi) is 8.10. The number of hydrogen-bond donors (Lipinski definition) is 1. The first-order chi connectivity index (χ1) is 18.9. The van der Waals surface area contributed by atoms with Gasteiger partial charge in [0.15, 0.2) is 0 Å². The molecule has 3 aromatic carbocycles. The fourth-order valence-electron chi connectivity index (χ4n) is 5.08. The van der Waals surface area contributed by atoms with Gasteiger partial charge in [-0.05, 0) is 54.8 Å². The van der Waals surface area contributed by atoms with Gasteiger partial charge in [-0.2, -0.15) is 0 Å². The van der Waals surface area contributed by atoms with E-state index < -0.39 is 17.7 Å². The Morgan fingerprint density at radius 1 is 0.923 bits per heavy atom. The summed E-state index contributed by atoms with van der Waals surface area (Å²) in [6.07, 6.45) is 0. The molecule has 0 spiro atoms. The second-order valence-corrected chi connectivity index (χ2v) is 10.1. The average molecular weight is 527 g/mol. The zero-order valence-electron chi connectivity index (χ0n) is 22.4. The van der Waals surface area contributed by atoms with Crippen LogP contribution < -0.4 is 4.74 Å². The highest BCUT2D eigenvalue weighted by molar-refractivity contribution is 6.46. The van der Waals surface area contributed by atoms with Crippen molar-refractivity contribution in [3.8, 4) is 5.75 Å². The minimum absolute atomic E-state index is 0.111. The van der Waals surface area contributed by atoms with Crippen molar-refractivity contribution in [1.82, 2.24) is 9.80 Å². The Bertz CT molecular complexity index is 1360. The Labute approximate surface area is 229 Å². The molecule has 202 valence electrons. The van der Waals surface area contributed by atoms with Crippen LogP contribution in [-0.4, -0.2) is 66.0 Å². The first kappa shape index (κ1) is 26.7. The summed E-state index contributed by atoms with van der Waals surface area (Å²) < 4.78 is 11.4. The van der Waals surface area contributed by atoms with E-state index in [1.807, 2.05) is 62.4 Å². The molecule has 0 radical (unpaired) electrons. The fourth-order valence-corrected chi connectivity index (χ4v) is 5.08. The van der Waals surface area contributed by atoms with Gasteiger partial charge < -0.3 is 19.5 Å². The van der Waals surface area contributed by atoms with E-state index in [4.69, 9.17) is 9.47 Å². The number of morpholine rings is 1. The van der Waals surface area contributed by atoms with Gasteiger partial charge in [-0.15, -0.1) is 0 Å². The van der Waals surface area contributed by atoms with Crippen LogP contribution in [0.3, 0.4) is 0 Å². The van der Waals surface area contributed by atoms with E-state index in [0.717, 1.165) is 35.3 Å². The molecule has 7 nitrogen and oxygen atoms in total. The molecule has 1 amide bonds. The predicted octanol–water partition coefficient (Wildman–Crippen LogP) is 4.64. The molecule has 2 aliphatic rings. The molecule has 5 rings (SSSR count). The van der Waals surface area contributed by atoms with Gasteiger partial charge in [-0.25, -0.2) is 0 Å². The number of aliphatic hydroxyl groups is 1. The fraction of sp³-hybridized carbons (Fsp3) is 0.312. The highest BCUT2D eigenvalue weighted by Crippen LogP contribution is 2.39. The number of ether oxygens (including phenoxy) is 2. The number of aryl methyl sites for hydroxylation is 2. The summed E-state index contributed by atoms with van der Waals surface area (Å²) in [5.74, 6) is -0.789. The molecular weight excluding hydrogens is 492 g/mol. The van der Waals surface area contributed by atoms with Crippen molar-refractivity contribution in [3.63, 3.8) is 0 Å². The highest BCUT2D eigenvalue weighted by Gasteiger charge is 2.46. The number of carbonyl (C=O) groups excluding carboxylic acids is 2. The van der Waals surface area contributed by atoms with Crippen molar-refractivity contribution in [3.05, 3.63) is 106 Å². The lowest BCUT2D eigenvalue weighted by Crippen LogP contribution is -2.42. The van der Waals surface area contributed by atoms with Gasteiger partial charge in [-0.3, -0.25) is 14.5 Å². The van der Waals surface area contributed by atoms with E-state index in [0.29, 0.717) is 44.2 Å². The number of nitrogens with zero attached hydrogens (tertiary/aromatic N) is 2. The molecular formula is C32H34N2O5. The van der Waals surface area contributed by atoms with Crippen LogP contribution >= 0.6 is 0 Å². The first-order valence-corrected chi connectivity index (χ1v) is 13.3. The minimum Gasteiger partial charge on any atom is -0.507 e. The van der Waals surface area contributed by atoms with Crippen molar-refractivity contribution in [2.24, 2.45) is 0 Å². The summed E-state index contributed by atoms with van der Waals surface area (Å²) in [5, 5.41) is 11.4. The Hall–Kier alpha value is -3.94. The Morgan fingerprint density at radius 3 is 2.31 bits per heavy atom. The predicted molar refractivity (Wildman–Crippen MR) is 149 cm³/mol. The molecule has 2 saturated heterocycles. The van der Waals surface area contributed by atoms with Crippen molar-refractivity contribution in [2.75, 3.05) is 39.4 Å². The lowest BCUT2D eigenvalue weighted by Gasteiger charge is -2.31. The molecule has 2 fully saturated rings. The second-order valence-electron chi connectivity index (χ2n) is 10.1. The molecule has 1 atom stereocenters. The van der Waals surface area contributed by atoms with Crippen molar-refractivity contribution >= 4 is 17.4 Å². The number of Topliss-reactive ketones (excluding diaryl/α,β-unsaturated/α-hetero) is 1. The third-order valence-electron chi connectivity index (χ3n) is 7.48. The third kappa shape index (κ3) is 5.90. The normalized spacial score (nSPS) is 19.4. The van der Waals surface area contributed by atoms with Crippen molar-refractivity contribution in [2.45, 2.75) is 26.5 Å². The molecule has 1 unspecified atom stereocenters. The van der Waals surface area contributed by atoms with Gasteiger partial charge in [0.2, 0.25) is 0 Å². The van der Waals surface area contributed by atoms with E-state index in [-0.39, 0.29) is 11.3 Å². The molecule has 2 aliphatic heterocycles. The molecule has 2 heterocycles.